The zero-order chi connectivity index (χ0) is 11.8. The second-order valence-electron chi connectivity index (χ2n) is 6.94. The topological polar surface area (TPSA) is 12.0 Å². The average Bonchev–Trinajstić information content (AvgIpc) is 2.80. The fourth-order valence-electron chi connectivity index (χ4n) is 4.91. The van der Waals surface area contributed by atoms with Gasteiger partial charge in [0.1, 0.15) is 0 Å². The highest BCUT2D eigenvalue weighted by Gasteiger charge is 2.56. The Bertz CT molecular complexity index is 244. The van der Waals surface area contributed by atoms with Crippen LogP contribution in [0.15, 0.2) is 0 Å². The molecule has 0 heterocycles. The van der Waals surface area contributed by atoms with Gasteiger partial charge in [-0.3, -0.25) is 0 Å². The molecule has 0 aliphatic heterocycles. The molecular formula is C16H29N. The summed E-state index contributed by atoms with van der Waals surface area (Å²) in [6, 6.07) is 0.878. The molecule has 3 fully saturated rings. The minimum atomic E-state index is 0.878. The van der Waals surface area contributed by atoms with Gasteiger partial charge < -0.3 is 5.32 Å². The monoisotopic (exact) mass is 235 g/mol. The van der Waals surface area contributed by atoms with Crippen LogP contribution in [0, 0.1) is 29.6 Å². The van der Waals surface area contributed by atoms with Crippen molar-refractivity contribution >= 4 is 0 Å². The zero-order valence-electron chi connectivity index (χ0n) is 11.6. The third-order valence-corrected chi connectivity index (χ3v) is 5.90. The number of hydrogen-bond donors (Lipinski definition) is 1. The van der Waals surface area contributed by atoms with Crippen molar-refractivity contribution in [3.63, 3.8) is 0 Å². The normalized spacial score (nSPS) is 46.6. The summed E-state index contributed by atoms with van der Waals surface area (Å²) in [5.41, 5.74) is 0. The van der Waals surface area contributed by atoms with E-state index in [9.17, 15) is 0 Å². The van der Waals surface area contributed by atoms with E-state index in [1.165, 1.54) is 38.6 Å². The summed E-state index contributed by atoms with van der Waals surface area (Å²) in [5.74, 6) is 5.31. The summed E-state index contributed by atoms with van der Waals surface area (Å²) in [6.45, 7) is 5.90. The van der Waals surface area contributed by atoms with Crippen molar-refractivity contribution in [1.82, 2.24) is 5.32 Å². The van der Waals surface area contributed by atoms with E-state index in [1.807, 2.05) is 0 Å². The quantitative estimate of drug-likeness (QED) is 0.781. The minimum absolute atomic E-state index is 0.878. The Balaban J connectivity index is 1.60. The summed E-state index contributed by atoms with van der Waals surface area (Å²) in [5, 5.41) is 3.86. The van der Waals surface area contributed by atoms with Crippen LogP contribution < -0.4 is 5.32 Å². The molecule has 0 spiro atoms. The lowest BCUT2D eigenvalue weighted by Gasteiger charge is -2.34. The molecule has 3 rings (SSSR count). The Kier molecular flexibility index (Phi) is 3.47. The van der Waals surface area contributed by atoms with E-state index in [-0.39, 0.29) is 0 Å². The van der Waals surface area contributed by atoms with Gasteiger partial charge in [0, 0.05) is 6.04 Å². The molecule has 3 aliphatic carbocycles. The number of nitrogens with one attached hydrogen (secondary N) is 1. The Hall–Kier alpha value is -0.0400. The van der Waals surface area contributed by atoms with Crippen LogP contribution in [0.25, 0.3) is 0 Å². The molecule has 1 N–H and O–H groups in total. The summed E-state index contributed by atoms with van der Waals surface area (Å²) in [6.07, 6.45) is 10.6. The molecule has 17 heavy (non-hydrogen) atoms. The second kappa shape index (κ2) is 4.91. The third kappa shape index (κ3) is 2.28. The molecule has 0 saturated heterocycles. The van der Waals surface area contributed by atoms with Gasteiger partial charge >= 0.3 is 0 Å². The summed E-state index contributed by atoms with van der Waals surface area (Å²) < 4.78 is 0. The molecule has 3 atom stereocenters. The van der Waals surface area contributed by atoms with Crippen LogP contribution in [0.4, 0.5) is 0 Å². The molecule has 3 aliphatic rings. The van der Waals surface area contributed by atoms with Crippen molar-refractivity contribution in [3.05, 3.63) is 0 Å². The summed E-state index contributed by atoms with van der Waals surface area (Å²) >= 11 is 0. The molecule has 0 aromatic heterocycles. The Morgan fingerprint density at radius 3 is 2.24 bits per heavy atom. The molecule has 0 radical (unpaired) electrons. The summed E-state index contributed by atoms with van der Waals surface area (Å²) in [7, 11) is 0. The van der Waals surface area contributed by atoms with Crippen LogP contribution in [0.3, 0.4) is 0 Å². The molecule has 3 unspecified atom stereocenters. The van der Waals surface area contributed by atoms with Crippen LogP contribution in [-0.2, 0) is 0 Å². The van der Waals surface area contributed by atoms with E-state index < -0.39 is 0 Å². The van der Waals surface area contributed by atoms with Crippen molar-refractivity contribution < 1.29 is 0 Å². The van der Waals surface area contributed by atoms with E-state index >= 15 is 0 Å². The lowest BCUT2D eigenvalue weighted by molar-refractivity contribution is 0.204. The maximum Gasteiger partial charge on any atom is 0.0129 e. The van der Waals surface area contributed by atoms with E-state index in [0.717, 1.165) is 35.6 Å². The first-order valence-corrected chi connectivity index (χ1v) is 8.04. The van der Waals surface area contributed by atoms with Gasteiger partial charge in [-0.1, -0.05) is 33.1 Å². The molecule has 1 heteroatoms. The van der Waals surface area contributed by atoms with Crippen molar-refractivity contribution in [1.29, 1.82) is 0 Å². The number of fused-ring (bicyclic) bond motifs is 1. The summed E-state index contributed by atoms with van der Waals surface area (Å²) in [4.78, 5) is 0. The highest BCUT2D eigenvalue weighted by atomic mass is 14.9. The van der Waals surface area contributed by atoms with E-state index in [1.54, 1.807) is 12.8 Å². The molecule has 0 bridgehead atoms. The minimum Gasteiger partial charge on any atom is -0.314 e. The second-order valence-corrected chi connectivity index (χ2v) is 6.94. The Labute approximate surface area is 107 Å². The van der Waals surface area contributed by atoms with Gasteiger partial charge in [-0.2, -0.15) is 0 Å². The van der Waals surface area contributed by atoms with Gasteiger partial charge in [-0.05, 0) is 61.8 Å². The Morgan fingerprint density at radius 2 is 1.65 bits per heavy atom. The highest BCUT2D eigenvalue weighted by Crippen LogP contribution is 2.60. The van der Waals surface area contributed by atoms with Gasteiger partial charge in [0.2, 0.25) is 0 Å². The first-order valence-electron chi connectivity index (χ1n) is 8.04. The fraction of sp³-hybridized carbons (Fsp3) is 1.00. The predicted octanol–water partition coefficient (Wildman–Crippen LogP) is 3.84. The standard InChI is InChI=1S/C16H29N/c1-3-17-16(12-9-7-11(2)8-10-12)15-13-5-4-6-14(13)15/h11-17H,3-10H2,1-2H3. The van der Waals surface area contributed by atoms with Crippen LogP contribution in [0.2, 0.25) is 0 Å². The molecule has 98 valence electrons. The maximum atomic E-state index is 3.86. The largest absolute Gasteiger partial charge is 0.314 e. The lowest BCUT2D eigenvalue weighted by Crippen LogP contribution is -2.40. The predicted molar refractivity (Wildman–Crippen MR) is 72.9 cm³/mol. The number of hydrogen-bond acceptors (Lipinski definition) is 1. The van der Waals surface area contributed by atoms with Crippen LogP contribution >= 0.6 is 0 Å². The molecule has 3 saturated carbocycles. The lowest BCUT2D eigenvalue weighted by atomic mass is 9.77. The highest BCUT2D eigenvalue weighted by molar-refractivity contribution is 5.07. The van der Waals surface area contributed by atoms with Gasteiger partial charge in [0.05, 0.1) is 0 Å². The third-order valence-electron chi connectivity index (χ3n) is 5.90. The zero-order valence-corrected chi connectivity index (χ0v) is 11.6. The average molecular weight is 235 g/mol. The van der Waals surface area contributed by atoms with Crippen LogP contribution in [0.1, 0.15) is 58.8 Å². The smallest absolute Gasteiger partial charge is 0.0129 e. The molecule has 1 nitrogen and oxygen atoms in total. The number of rotatable bonds is 4. The molecular weight excluding hydrogens is 206 g/mol. The SMILES string of the molecule is CCNC(C1CCC(C)CC1)C1C2CCCC21. The van der Waals surface area contributed by atoms with Gasteiger partial charge in [0.15, 0.2) is 0 Å². The molecule has 0 aromatic rings. The van der Waals surface area contributed by atoms with Gasteiger partial charge in [-0.15, -0.1) is 0 Å². The van der Waals surface area contributed by atoms with E-state index in [0.29, 0.717) is 0 Å². The first-order chi connectivity index (χ1) is 8.31. The van der Waals surface area contributed by atoms with Crippen molar-refractivity contribution in [2.75, 3.05) is 6.54 Å². The molecule has 0 aromatic carbocycles. The fourth-order valence-corrected chi connectivity index (χ4v) is 4.91. The van der Waals surface area contributed by atoms with E-state index in [4.69, 9.17) is 0 Å². The Morgan fingerprint density at radius 1 is 1.00 bits per heavy atom. The van der Waals surface area contributed by atoms with Crippen LogP contribution in [-0.4, -0.2) is 12.6 Å². The van der Waals surface area contributed by atoms with Crippen LogP contribution in [0.5, 0.6) is 0 Å². The maximum absolute atomic E-state index is 3.86. The van der Waals surface area contributed by atoms with Gasteiger partial charge in [-0.25, -0.2) is 0 Å². The van der Waals surface area contributed by atoms with E-state index in [2.05, 4.69) is 19.2 Å². The first kappa shape index (κ1) is 12.0. The van der Waals surface area contributed by atoms with Crippen molar-refractivity contribution in [2.24, 2.45) is 29.6 Å². The van der Waals surface area contributed by atoms with Crippen molar-refractivity contribution in [2.45, 2.75) is 64.8 Å². The van der Waals surface area contributed by atoms with Crippen molar-refractivity contribution in [3.8, 4) is 0 Å². The van der Waals surface area contributed by atoms with Gasteiger partial charge in [0.25, 0.3) is 0 Å². The molecule has 0 amide bonds.